The summed E-state index contributed by atoms with van der Waals surface area (Å²) in [7, 11) is 3.92. The summed E-state index contributed by atoms with van der Waals surface area (Å²) < 4.78 is 13.5. The Labute approximate surface area is 170 Å². The Bertz CT molecular complexity index is 980. The van der Waals surface area contributed by atoms with Crippen molar-refractivity contribution in [2.45, 2.75) is 19.9 Å². The minimum absolute atomic E-state index is 0.0454. The number of carbonyl (C=O) groups is 2. The van der Waals surface area contributed by atoms with E-state index in [4.69, 9.17) is 0 Å². The molecule has 1 saturated heterocycles. The van der Waals surface area contributed by atoms with Crippen molar-refractivity contribution in [3.8, 4) is 0 Å². The van der Waals surface area contributed by atoms with Gasteiger partial charge in [0.1, 0.15) is 11.6 Å². The van der Waals surface area contributed by atoms with E-state index >= 15 is 0 Å². The number of halogens is 1. The van der Waals surface area contributed by atoms with Crippen LogP contribution in [-0.4, -0.2) is 48.9 Å². The third-order valence-corrected chi connectivity index (χ3v) is 5.23. The molecule has 2 aromatic rings. The van der Waals surface area contributed by atoms with E-state index < -0.39 is 23.5 Å². The van der Waals surface area contributed by atoms with Crippen molar-refractivity contribution < 1.29 is 24.0 Å². The third-order valence-electron chi connectivity index (χ3n) is 5.23. The highest BCUT2D eigenvalue weighted by Gasteiger charge is 2.46. The van der Waals surface area contributed by atoms with Crippen LogP contribution in [-0.2, 0) is 9.59 Å². The molecule has 152 valence electrons. The van der Waals surface area contributed by atoms with Gasteiger partial charge >= 0.3 is 0 Å². The zero-order chi connectivity index (χ0) is 21.3. The molecule has 1 atom stereocenters. The van der Waals surface area contributed by atoms with Crippen molar-refractivity contribution in [1.82, 2.24) is 4.90 Å². The summed E-state index contributed by atoms with van der Waals surface area (Å²) in [6, 6.07) is 10.5. The first-order chi connectivity index (χ1) is 13.7. The smallest absolute Gasteiger partial charge is 0.295 e. The van der Waals surface area contributed by atoms with E-state index in [0.717, 1.165) is 16.0 Å². The maximum absolute atomic E-state index is 13.5. The van der Waals surface area contributed by atoms with E-state index in [1.165, 1.54) is 17.0 Å². The number of ketones is 1. The first kappa shape index (κ1) is 20.7. The van der Waals surface area contributed by atoms with Crippen LogP contribution in [0.4, 0.5) is 4.39 Å². The van der Waals surface area contributed by atoms with E-state index in [0.29, 0.717) is 24.2 Å². The van der Waals surface area contributed by atoms with Gasteiger partial charge in [-0.1, -0.05) is 29.8 Å². The fraction of sp³-hybridized carbons (Fsp3) is 0.304. The first-order valence-electron chi connectivity index (χ1n) is 9.61. The van der Waals surface area contributed by atoms with Gasteiger partial charge < -0.3 is 14.9 Å². The van der Waals surface area contributed by atoms with Crippen LogP contribution in [0.1, 0.15) is 28.3 Å². The van der Waals surface area contributed by atoms with Gasteiger partial charge in [0.25, 0.3) is 11.7 Å². The second-order valence-electron chi connectivity index (χ2n) is 7.82. The highest BCUT2D eigenvalue weighted by molar-refractivity contribution is 6.46. The Balaban J connectivity index is 2.19. The van der Waals surface area contributed by atoms with Crippen molar-refractivity contribution in [2.75, 3.05) is 27.2 Å². The van der Waals surface area contributed by atoms with Crippen LogP contribution in [0, 0.1) is 19.7 Å². The third kappa shape index (κ3) is 4.07. The molecule has 1 amide bonds. The van der Waals surface area contributed by atoms with Crippen molar-refractivity contribution in [3.05, 3.63) is 76.1 Å². The van der Waals surface area contributed by atoms with Crippen LogP contribution < -0.4 is 4.90 Å². The zero-order valence-corrected chi connectivity index (χ0v) is 17.1. The average molecular weight is 397 g/mol. The van der Waals surface area contributed by atoms with E-state index in [-0.39, 0.29) is 11.3 Å². The van der Waals surface area contributed by atoms with Crippen molar-refractivity contribution in [1.29, 1.82) is 0 Å². The topological polar surface area (TPSA) is 62.0 Å². The summed E-state index contributed by atoms with van der Waals surface area (Å²) in [6.45, 7) is 4.71. The number of rotatable bonds is 5. The van der Waals surface area contributed by atoms with Crippen LogP contribution in [0.5, 0.6) is 0 Å². The molecule has 1 heterocycles. The Morgan fingerprint density at radius 2 is 1.76 bits per heavy atom. The molecule has 0 unspecified atom stereocenters. The van der Waals surface area contributed by atoms with E-state index in [2.05, 4.69) is 0 Å². The number of nitrogens with one attached hydrogen (secondary N) is 1. The van der Waals surface area contributed by atoms with Gasteiger partial charge in [-0.15, -0.1) is 0 Å². The SMILES string of the molecule is Cc1ccc(C)c(C(O)=C2C(=O)C(=O)N(CC[NH+](C)C)[C@@H]2c2ccc(F)cc2)c1. The number of quaternary nitrogens is 1. The lowest BCUT2D eigenvalue weighted by Gasteiger charge is -2.25. The molecule has 3 rings (SSSR count). The van der Waals surface area contributed by atoms with E-state index in [1.54, 1.807) is 18.2 Å². The van der Waals surface area contributed by atoms with Crippen LogP contribution in [0.2, 0.25) is 0 Å². The van der Waals surface area contributed by atoms with Gasteiger partial charge in [0, 0.05) is 5.56 Å². The molecule has 0 saturated carbocycles. The molecule has 0 aromatic heterocycles. The summed E-state index contributed by atoms with van der Waals surface area (Å²) in [5, 5.41) is 11.1. The molecule has 29 heavy (non-hydrogen) atoms. The number of benzene rings is 2. The van der Waals surface area contributed by atoms with Crippen LogP contribution in [0.25, 0.3) is 5.76 Å². The van der Waals surface area contributed by atoms with Gasteiger partial charge in [0.05, 0.1) is 38.8 Å². The largest absolute Gasteiger partial charge is 0.507 e. The Kier molecular flexibility index (Phi) is 5.84. The van der Waals surface area contributed by atoms with Gasteiger partial charge in [-0.05, 0) is 43.2 Å². The van der Waals surface area contributed by atoms with E-state index in [9.17, 15) is 19.1 Å². The number of nitrogens with zero attached hydrogens (tertiary/aromatic N) is 1. The standard InChI is InChI=1S/C23H25FN2O3/c1-14-5-6-15(2)18(13-14)21(27)19-20(16-7-9-17(24)10-8-16)26(12-11-25(3)4)23(29)22(19)28/h5-10,13,20,27H,11-12H2,1-4H3/p+1/t20-/m1/s1. The van der Waals surface area contributed by atoms with Crippen LogP contribution in [0.3, 0.4) is 0 Å². The van der Waals surface area contributed by atoms with Gasteiger partial charge in [-0.25, -0.2) is 4.39 Å². The number of hydrogen-bond donors (Lipinski definition) is 2. The summed E-state index contributed by atoms with van der Waals surface area (Å²) in [4.78, 5) is 28.3. The molecule has 1 aliphatic rings. The lowest BCUT2D eigenvalue weighted by atomic mass is 9.93. The molecule has 5 nitrogen and oxygen atoms in total. The normalized spacial score (nSPS) is 18.7. The molecule has 6 heteroatoms. The van der Waals surface area contributed by atoms with Gasteiger partial charge in [-0.3, -0.25) is 9.59 Å². The van der Waals surface area contributed by atoms with E-state index in [1.807, 2.05) is 40.1 Å². The fourth-order valence-electron chi connectivity index (χ4n) is 3.58. The molecule has 1 aliphatic heterocycles. The summed E-state index contributed by atoms with van der Waals surface area (Å²) in [6.07, 6.45) is 0. The highest BCUT2D eigenvalue weighted by Crippen LogP contribution is 2.39. The van der Waals surface area contributed by atoms with Crippen molar-refractivity contribution >= 4 is 17.4 Å². The number of amides is 1. The predicted molar refractivity (Wildman–Crippen MR) is 109 cm³/mol. The first-order valence-corrected chi connectivity index (χ1v) is 9.61. The molecular weight excluding hydrogens is 371 g/mol. The Morgan fingerprint density at radius 1 is 1.10 bits per heavy atom. The summed E-state index contributed by atoms with van der Waals surface area (Å²) >= 11 is 0. The molecule has 0 radical (unpaired) electrons. The van der Waals surface area contributed by atoms with Gasteiger partial charge in [-0.2, -0.15) is 0 Å². The zero-order valence-electron chi connectivity index (χ0n) is 17.1. The molecule has 2 aromatic carbocycles. The van der Waals surface area contributed by atoms with Crippen molar-refractivity contribution in [3.63, 3.8) is 0 Å². The summed E-state index contributed by atoms with van der Waals surface area (Å²) in [5.74, 6) is -1.96. The molecule has 0 aliphatic carbocycles. The maximum Gasteiger partial charge on any atom is 0.295 e. The minimum atomic E-state index is -0.755. The number of aliphatic hydroxyl groups is 1. The predicted octanol–water partition coefficient (Wildman–Crippen LogP) is 2.01. The number of likely N-dealkylation sites (N-methyl/N-ethyl adjacent to an activating group) is 1. The second-order valence-corrected chi connectivity index (χ2v) is 7.82. The number of hydrogen-bond acceptors (Lipinski definition) is 3. The minimum Gasteiger partial charge on any atom is -0.507 e. The number of carbonyl (C=O) groups excluding carboxylic acids is 2. The number of aliphatic hydroxyl groups excluding tert-OH is 1. The molecule has 1 fully saturated rings. The van der Waals surface area contributed by atoms with Gasteiger partial charge in [0.2, 0.25) is 0 Å². The lowest BCUT2D eigenvalue weighted by molar-refractivity contribution is -0.857. The lowest BCUT2D eigenvalue weighted by Crippen LogP contribution is -3.06. The monoisotopic (exact) mass is 397 g/mol. The molecular formula is C23H26FN2O3+. The van der Waals surface area contributed by atoms with Crippen LogP contribution >= 0.6 is 0 Å². The summed E-state index contributed by atoms with van der Waals surface area (Å²) in [5.41, 5.74) is 2.89. The van der Waals surface area contributed by atoms with Crippen molar-refractivity contribution in [2.24, 2.45) is 0 Å². The number of likely N-dealkylation sites (tertiary alicyclic amines) is 1. The van der Waals surface area contributed by atoms with Crippen LogP contribution in [0.15, 0.2) is 48.0 Å². The fourth-order valence-corrected chi connectivity index (χ4v) is 3.58. The molecule has 0 spiro atoms. The maximum atomic E-state index is 13.5. The highest BCUT2D eigenvalue weighted by atomic mass is 19.1. The van der Waals surface area contributed by atoms with Gasteiger partial charge in [0.15, 0.2) is 0 Å². The second kappa shape index (κ2) is 8.17. The number of Topliss-reactive ketones (excluding diaryl/α,β-unsaturated/α-hetero) is 1. The average Bonchev–Trinajstić information content (AvgIpc) is 2.93. The molecule has 0 bridgehead atoms. The Morgan fingerprint density at radius 3 is 2.38 bits per heavy atom. The number of aryl methyl sites for hydroxylation is 2. The molecule has 2 N–H and O–H groups in total. The Hall–Kier alpha value is -2.99. The quantitative estimate of drug-likeness (QED) is 0.461.